The first-order valence-corrected chi connectivity index (χ1v) is 5.75. The molecule has 0 aliphatic heterocycles. The molecule has 0 bridgehead atoms. The molecular formula is C11H13N3OS. The maximum Gasteiger partial charge on any atom is 0.129 e. The maximum atomic E-state index is 5.12. The van der Waals surface area contributed by atoms with Crippen LogP contribution in [0.4, 0.5) is 5.82 Å². The van der Waals surface area contributed by atoms with Gasteiger partial charge in [0.2, 0.25) is 0 Å². The van der Waals surface area contributed by atoms with Crippen molar-refractivity contribution in [2.45, 2.75) is 13.5 Å². The smallest absolute Gasteiger partial charge is 0.129 e. The second-order valence-corrected chi connectivity index (χ2v) is 4.60. The number of hydrogen-bond donors (Lipinski definition) is 1. The molecule has 84 valence electrons. The van der Waals surface area contributed by atoms with E-state index in [2.05, 4.69) is 15.3 Å². The molecule has 0 radical (unpaired) electrons. The molecule has 0 amide bonds. The Morgan fingerprint density at radius 3 is 3.00 bits per heavy atom. The molecule has 0 atom stereocenters. The van der Waals surface area contributed by atoms with Crippen LogP contribution < -0.4 is 10.1 Å². The van der Waals surface area contributed by atoms with E-state index in [4.69, 9.17) is 4.74 Å². The number of hydrogen-bond acceptors (Lipinski definition) is 5. The van der Waals surface area contributed by atoms with E-state index >= 15 is 0 Å². The first-order valence-electron chi connectivity index (χ1n) is 4.93. The first kappa shape index (κ1) is 10.9. The molecule has 2 aromatic rings. The summed E-state index contributed by atoms with van der Waals surface area (Å²) in [4.78, 5) is 9.59. The minimum Gasteiger partial charge on any atom is -0.497 e. The third kappa shape index (κ3) is 2.70. The minimum atomic E-state index is 0.742. The van der Waals surface area contributed by atoms with E-state index in [0.717, 1.165) is 23.1 Å². The molecule has 2 aromatic heterocycles. The summed E-state index contributed by atoms with van der Waals surface area (Å²) in [7, 11) is 1.64. The fourth-order valence-electron chi connectivity index (χ4n) is 1.30. The predicted molar refractivity (Wildman–Crippen MR) is 65.0 cm³/mol. The molecule has 4 nitrogen and oxygen atoms in total. The molecule has 0 aliphatic carbocycles. The van der Waals surface area contributed by atoms with Crippen LogP contribution in [0.3, 0.4) is 0 Å². The molecule has 5 heteroatoms. The Labute approximate surface area is 98.3 Å². The molecular weight excluding hydrogens is 222 g/mol. The van der Waals surface area contributed by atoms with Crippen LogP contribution in [0.2, 0.25) is 0 Å². The van der Waals surface area contributed by atoms with Gasteiger partial charge in [-0.05, 0) is 13.0 Å². The van der Waals surface area contributed by atoms with Gasteiger partial charge in [0, 0.05) is 23.3 Å². The summed E-state index contributed by atoms with van der Waals surface area (Å²) >= 11 is 1.68. The molecule has 0 aliphatic rings. The van der Waals surface area contributed by atoms with Crippen molar-refractivity contribution in [2.24, 2.45) is 0 Å². The lowest BCUT2D eigenvalue weighted by Crippen LogP contribution is -1.99. The fourth-order valence-corrected chi connectivity index (χ4v) is 2.03. The lowest BCUT2D eigenvalue weighted by atomic mass is 10.4. The highest BCUT2D eigenvalue weighted by Gasteiger charge is 2.00. The van der Waals surface area contributed by atoms with Crippen molar-refractivity contribution >= 4 is 17.2 Å². The largest absolute Gasteiger partial charge is 0.497 e. The number of thiazole rings is 1. The lowest BCUT2D eigenvalue weighted by Gasteiger charge is -2.05. The number of pyridine rings is 1. The quantitative estimate of drug-likeness (QED) is 0.884. The van der Waals surface area contributed by atoms with Crippen LogP contribution in [0, 0.1) is 6.92 Å². The summed E-state index contributed by atoms with van der Waals surface area (Å²) in [6, 6.07) is 3.69. The molecule has 1 N–H and O–H groups in total. The number of nitrogens with one attached hydrogen (secondary N) is 1. The number of aromatic nitrogens is 2. The zero-order valence-electron chi connectivity index (χ0n) is 9.23. The van der Waals surface area contributed by atoms with Crippen molar-refractivity contribution in [1.29, 1.82) is 0 Å². The van der Waals surface area contributed by atoms with E-state index in [9.17, 15) is 0 Å². The van der Waals surface area contributed by atoms with Gasteiger partial charge in [-0.3, -0.25) is 0 Å². The Hall–Kier alpha value is -1.62. The van der Waals surface area contributed by atoms with E-state index in [-0.39, 0.29) is 0 Å². The Morgan fingerprint density at radius 1 is 1.44 bits per heavy atom. The highest BCUT2D eigenvalue weighted by Crippen LogP contribution is 2.16. The molecule has 0 unspecified atom stereocenters. The number of methoxy groups -OCH3 is 1. The Bertz CT molecular complexity index is 470. The standard InChI is InChI=1S/C11H13N3OS/c1-8-13-6-10(16-8)7-14-11-5-9(15-2)3-4-12-11/h3-6H,7H2,1-2H3,(H,12,14). The van der Waals surface area contributed by atoms with Gasteiger partial charge in [0.05, 0.1) is 18.7 Å². The molecule has 0 saturated carbocycles. The van der Waals surface area contributed by atoms with Crippen LogP contribution in [-0.2, 0) is 6.54 Å². The summed E-state index contributed by atoms with van der Waals surface area (Å²) < 4.78 is 5.12. The van der Waals surface area contributed by atoms with Gasteiger partial charge in [0.1, 0.15) is 11.6 Å². The average molecular weight is 235 g/mol. The van der Waals surface area contributed by atoms with Gasteiger partial charge in [0.15, 0.2) is 0 Å². The van der Waals surface area contributed by atoms with Crippen molar-refractivity contribution in [3.8, 4) is 5.75 Å². The number of nitrogens with zero attached hydrogens (tertiary/aromatic N) is 2. The van der Waals surface area contributed by atoms with Crippen molar-refractivity contribution in [1.82, 2.24) is 9.97 Å². The van der Waals surface area contributed by atoms with E-state index < -0.39 is 0 Å². The van der Waals surface area contributed by atoms with Gasteiger partial charge in [0.25, 0.3) is 0 Å². The van der Waals surface area contributed by atoms with Gasteiger partial charge < -0.3 is 10.1 Å². The first-order chi connectivity index (χ1) is 7.78. The molecule has 16 heavy (non-hydrogen) atoms. The predicted octanol–water partition coefficient (Wildman–Crippen LogP) is 2.47. The van der Waals surface area contributed by atoms with Gasteiger partial charge in [-0.2, -0.15) is 0 Å². The second-order valence-electron chi connectivity index (χ2n) is 3.28. The van der Waals surface area contributed by atoms with Crippen LogP contribution in [-0.4, -0.2) is 17.1 Å². The zero-order chi connectivity index (χ0) is 11.4. The van der Waals surface area contributed by atoms with E-state index in [0.29, 0.717) is 0 Å². The molecule has 0 fully saturated rings. The highest BCUT2D eigenvalue weighted by molar-refractivity contribution is 7.11. The SMILES string of the molecule is COc1ccnc(NCc2cnc(C)s2)c1. The molecule has 0 aromatic carbocycles. The molecule has 0 saturated heterocycles. The molecule has 2 heterocycles. The number of aryl methyl sites for hydroxylation is 1. The zero-order valence-corrected chi connectivity index (χ0v) is 10.0. The van der Waals surface area contributed by atoms with Crippen molar-refractivity contribution in [3.05, 3.63) is 34.4 Å². The van der Waals surface area contributed by atoms with Crippen LogP contribution >= 0.6 is 11.3 Å². The van der Waals surface area contributed by atoms with Crippen LogP contribution in [0.25, 0.3) is 0 Å². The third-order valence-electron chi connectivity index (χ3n) is 2.08. The number of rotatable bonds is 4. The fraction of sp³-hybridized carbons (Fsp3) is 0.273. The Kier molecular flexibility index (Phi) is 3.36. The normalized spacial score (nSPS) is 10.1. The Balaban J connectivity index is 1.99. The van der Waals surface area contributed by atoms with Crippen LogP contribution in [0.1, 0.15) is 9.88 Å². The number of ether oxygens (including phenoxy) is 1. The van der Waals surface area contributed by atoms with E-state index in [1.54, 1.807) is 24.6 Å². The van der Waals surface area contributed by atoms with E-state index in [1.807, 2.05) is 25.3 Å². The summed E-state index contributed by atoms with van der Waals surface area (Å²) in [6.07, 6.45) is 3.60. The third-order valence-corrected chi connectivity index (χ3v) is 2.99. The minimum absolute atomic E-state index is 0.742. The van der Waals surface area contributed by atoms with Gasteiger partial charge in [-0.25, -0.2) is 9.97 Å². The maximum absolute atomic E-state index is 5.12. The van der Waals surface area contributed by atoms with E-state index in [1.165, 1.54) is 4.88 Å². The topological polar surface area (TPSA) is 47.0 Å². The average Bonchev–Trinajstić information content (AvgIpc) is 2.73. The van der Waals surface area contributed by atoms with Crippen molar-refractivity contribution in [2.75, 3.05) is 12.4 Å². The number of anilines is 1. The van der Waals surface area contributed by atoms with Crippen molar-refractivity contribution < 1.29 is 4.74 Å². The van der Waals surface area contributed by atoms with Gasteiger partial charge in [-0.1, -0.05) is 0 Å². The second kappa shape index (κ2) is 4.94. The van der Waals surface area contributed by atoms with Crippen LogP contribution in [0.15, 0.2) is 24.5 Å². The van der Waals surface area contributed by atoms with Gasteiger partial charge in [-0.15, -0.1) is 11.3 Å². The summed E-state index contributed by atoms with van der Waals surface area (Å²) in [5.74, 6) is 1.61. The summed E-state index contributed by atoms with van der Waals surface area (Å²) in [5.41, 5.74) is 0. The highest BCUT2D eigenvalue weighted by atomic mass is 32.1. The van der Waals surface area contributed by atoms with Gasteiger partial charge >= 0.3 is 0 Å². The molecule has 2 rings (SSSR count). The monoisotopic (exact) mass is 235 g/mol. The van der Waals surface area contributed by atoms with Crippen molar-refractivity contribution in [3.63, 3.8) is 0 Å². The molecule has 0 spiro atoms. The summed E-state index contributed by atoms with van der Waals surface area (Å²) in [5, 5.41) is 4.31. The summed E-state index contributed by atoms with van der Waals surface area (Å²) in [6.45, 7) is 2.74. The van der Waals surface area contributed by atoms with Crippen LogP contribution in [0.5, 0.6) is 5.75 Å². The lowest BCUT2D eigenvalue weighted by molar-refractivity contribution is 0.414. The Morgan fingerprint density at radius 2 is 2.31 bits per heavy atom.